The zero-order valence-corrected chi connectivity index (χ0v) is 14.0. The SMILES string of the molecule is CC(CN1CCCC1)n1c(=S)[nH]c2cc(I)ccc21. The maximum atomic E-state index is 5.50. The van der Waals surface area contributed by atoms with Crippen molar-refractivity contribution in [3.63, 3.8) is 0 Å². The van der Waals surface area contributed by atoms with Crippen molar-refractivity contribution in [2.75, 3.05) is 19.6 Å². The van der Waals surface area contributed by atoms with Gasteiger partial charge in [-0.3, -0.25) is 0 Å². The van der Waals surface area contributed by atoms with Crippen molar-refractivity contribution in [1.82, 2.24) is 14.5 Å². The fourth-order valence-electron chi connectivity index (χ4n) is 2.96. The molecule has 1 saturated heterocycles. The summed E-state index contributed by atoms with van der Waals surface area (Å²) in [4.78, 5) is 5.87. The lowest BCUT2D eigenvalue weighted by Gasteiger charge is -2.21. The van der Waals surface area contributed by atoms with E-state index in [0.29, 0.717) is 6.04 Å². The lowest BCUT2D eigenvalue weighted by molar-refractivity contribution is 0.289. The lowest BCUT2D eigenvalue weighted by Crippen LogP contribution is -2.27. The Kier molecular flexibility index (Phi) is 3.96. The minimum absolute atomic E-state index is 0.416. The van der Waals surface area contributed by atoms with Gasteiger partial charge < -0.3 is 14.5 Å². The van der Waals surface area contributed by atoms with Crippen LogP contribution < -0.4 is 0 Å². The zero-order chi connectivity index (χ0) is 13.4. The van der Waals surface area contributed by atoms with Crippen molar-refractivity contribution in [2.24, 2.45) is 0 Å². The van der Waals surface area contributed by atoms with Crippen LogP contribution in [0.2, 0.25) is 0 Å². The quantitative estimate of drug-likeness (QED) is 0.637. The topological polar surface area (TPSA) is 24.0 Å². The van der Waals surface area contributed by atoms with Crippen LogP contribution in [0.4, 0.5) is 0 Å². The van der Waals surface area contributed by atoms with Gasteiger partial charge in [0.25, 0.3) is 0 Å². The van der Waals surface area contributed by atoms with E-state index in [1.807, 2.05) is 0 Å². The molecule has 0 saturated carbocycles. The van der Waals surface area contributed by atoms with E-state index < -0.39 is 0 Å². The molecule has 2 aromatic rings. The summed E-state index contributed by atoms with van der Waals surface area (Å²) in [6, 6.07) is 6.89. The molecule has 1 aliphatic rings. The molecule has 0 bridgehead atoms. The monoisotopic (exact) mass is 387 g/mol. The molecule has 1 unspecified atom stereocenters. The van der Waals surface area contributed by atoms with Gasteiger partial charge in [0.2, 0.25) is 0 Å². The Morgan fingerprint density at radius 1 is 1.37 bits per heavy atom. The third-order valence-electron chi connectivity index (χ3n) is 3.84. The van der Waals surface area contributed by atoms with Crippen LogP contribution in [-0.2, 0) is 0 Å². The van der Waals surface area contributed by atoms with E-state index in [1.54, 1.807) is 0 Å². The van der Waals surface area contributed by atoms with Gasteiger partial charge in [0, 0.05) is 16.2 Å². The molecule has 1 aromatic carbocycles. The van der Waals surface area contributed by atoms with E-state index in [9.17, 15) is 0 Å². The van der Waals surface area contributed by atoms with E-state index in [2.05, 4.69) is 62.2 Å². The van der Waals surface area contributed by atoms with Crippen LogP contribution in [0.3, 0.4) is 0 Å². The first-order valence-corrected chi connectivity index (χ1v) is 8.26. The van der Waals surface area contributed by atoms with E-state index in [1.165, 1.54) is 35.0 Å². The highest BCUT2D eigenvalue weighted by Crippen LogP contribution is 2.22. The van der Waals surface area contributed by atoms with Gasteiger partial charge >= 0.3 is 0 Å². The van der Waals surface area contributed by atoms with Gasteiger partial charge in [0.1, 0.15) is 0 Å². The molecule has 0 spiro atoms. The van der Waals surface area contributed by atoms with Crippen LogP contribution in [0.1, 0.15) is 25.8 Å². The number of halogens is 1. The van der Waals surface area contributed by atoms with Crippen molar-refractivity contribution in [2.45, 2.75) is 25.8 Å². The summed E-state index contributed by atoms with van der Waals surface area (Å²) in [6.07, 6.45) is 2.67. The van der Waals surface area contributed by atoms with Crippen LogP contribution in [0.15, 0.2) is 18.2 Å². The number of hydrogen-bond donors (Lipinski definition) is 1. The van der Waals surface area contributed by atoms with Crippen molar-refractivity contribution in [3.05, 3.63) is 26.5 Å². The fraction of sp³-hybridized carbons (Fsp3) is 0.500. The number of nitrogens with one attached hydrogen (secondary N) is 1. The Bertz CT molecular complexity index is 640. The van der Waals surface area contributed by atoms with E-state index in [-0.39, 0.29) is 0 Å². The minimum Gasteiger partial charge on any atom is -0.331 e. The first-order valence-electron chi connectivity index (χ1n) is 6.77. The van der Waals surface area contributed by atoms with Gasteiger partial charge in [-0.2, -0.15) is 0 Å². The second-order valence-corrected chi connectivity index (χ2v) is 6.95. The Morgan fingerprint density at radius 2 is 2.11 bits per heavy atom. The molecule has 3 rings (SSSR count). The second-order valence-electron chi connectivity index (χ2n) is 5.32. The third kappa shape index (κ3) is 2.73. The summed E-state index contributed by atoms with van der Waals surface area (Å²) in [5.41, 5.74) is 2.36. The van der Waals surface area contributed by atoms with Gasteiger partial charge in [-0.05, 0) is 85.9 Å². The maximum absolute atomic E-state index is 5.50. The Labute approximate surface area is 132 Å². The molecule has 19 heavy (non-hydrogen) atoms. The molecule has 102 valence electrons. The highest BCUT2D eigenvalue weighted by molar-refractivity contribution is 14.1. The predicted molar refractivity (Wildman–Crippen MR) is 90.2 cm³/mol. The maximum Gasteiger partial charge on any atom is 0.178 e. The molecule has 1 atom stereocenters. The molecule has 1 fully saturated rings. The summed E-state index contributed by atoms with van der Waals surface area (Å²) in [5, 5.41) is 0. The number of imidazole rings is 1. The number of hydrogen-bond acceptors (Lipinski definition) is 2. The van der Waals surface area contributed by atoms with Crippen molar-refractivity contribution < 1.29 is 0 Å². The Morgan fingerprint density at radius 3 is 2.84 bits per heavy atom. The average molecular weight is 387 g/mol. The van der Waals surface area contributed by atoms with Gasteiger partial charge in [-0.1, -0.05) is 0 Å². The van der Waals surface area contributed by atoms with Crippen LogP contribution in [0.25, 0.3) is 11.0 Å². The number of aromatic amines is 1. The van der Waals surface area contributed by atoms with Crippen LogP contribution in [0, 0.1) is 8.34 Å². The molecular formula is C14H18IN3S. The Balaban J connectivity index is 1.94. The number of nitrogens with zero attached hydrogens (tertiary/aromatic N) is 2. The molecule has 0 aliphatic carbocycles. The zero-order valence-electron chi connectivity index (χ0n) is 11.0. The molecule has 0 radical (unpaired) electrons. The molecule has 5 heteroatoms. The molecule has 2 heterocycles. The molecule has 0 amide bonds. The fourth-order valence-corrected chi connectivity index (χ4v) is 3.84. The Hall–Kier alpha value is -0.400. The van der Waals surface area contributed by atoms with Crippen molar-refractivity contribution in [3.8, 4) is 0 Å². The van der Waals surface area contributed by atoms with Crippen LogP contribution >= 0.6 is 34.8 Å². The van der Waals surface area contributed by atoms with Gasteiger partial charge in [0.05, 0.1) is 11.0 Å². The second kappa shape index (κ2) is 5.54. The molecule has 3 nitrogen and oxygen atoms in total. The minimum atomic E-state index is 0.416. The summed E-state index contributed by atoms with van der Waals surface area (Å²) >= 11 is 7.83. The van der Waals surface area contributed by atoms with Crippen LogP contribution in [-0.4, -0.2) is 34.1 Å². The van der Waals surface area contributed by atoms with Gasteiger partial charge in [-0.25, -0.2) is 0 Å². The summed E-state index contributed by atoms with van der Waals surface area (Å²) in [7, 11) is 0. The highest BCUT2D eigenvalue weighted by atomic mass is 127. The third-order valence-corrected chi connectivity index (χ3v) is 4.81. The first kappa shape index (κ1) is 13.6. The van der Waals surface area contributed by atoms with Crippen molar-refractivity contribution in [1.29, 1.82) is 0 Å². The van der Waals surface area contributed by atoms with E-state index in [0.717, 1.165) is 16.8 Å². The first-order chi connectivity index (χ1) is 9.15. The largest absolute Gasteiger partial charge is 0.331 e. The molecule has 1 aromatic heterocycles. The van der Waals surface area contributed by atoms with Crippen LogP contribution in [0.5, 0.6) is 0 Å². The number of rotatable bonds is 3. The number of H-pyrrole nitrogens is 1. The number of benzene rings is 1. The molecule has 1 aliphatic heterocycles. The van der Waals surface area contributed by atoms with Crippen molar-refractivity contribution >= 4 is 45.8 Å². The number of fused-ring (bicyclic) bond motifs is 1. The van der Waals surface area contributed by atoms with E-state index >= 15 is 0 Å². The molecular weight excluding hydrogens is 369 g/mol. The predicted octanol–water partition coefficient (Wildman–Crippen LogP) is 3.96. The normalized spacial score (nSPS) is 18.2. The summed E-state index contributed by atoms with van der Waals surface area (Å²) in [5.74, 6) is 0. The average Bonchev–Trinajstić information content (AvgIpc) is 2.95. The standard InChI is InChI=1S/C14H18IN3S/c1-10(9-17-6-2-3-7-17)18-13-5-4-11(15)8-12(13)16-14(18)19/h4-5,8,10H,2-3,6-7,9H2,1H3,(H,16,19). The summed E-state index contributed by atoms with van der Waals surface area (Å²) in [6.45, 7) is 5.82. The summed E-state index contributed by atoms with van der Waals surface area (Å²) < 4.78 is 4.34. The highest BCUT2D eigenvalue weighted by Gasteiger charge is 2.17. The molecule has 1 N–H and O–H groups in total. The number of likely N-dealkylation sites (tertiary alicyclic amines) is 1. The van der Waals surface area contributed by atoms with Gasteiger partial charge in [0.15, 0.2) is 4.77 Å². The lowest BCUT2D eigenvalue weighted by atomic mass is 10.2. The van der Waals surface area contributed by atoms with E-state index in [4.69, 9.17) is 12.2 Å². The van der Waals surface area contributed by atoms with Gasteiger partial charge in [-0.15, -0.1) is 0 Å². The number of aromatic nitrogens is 2. The smallest absolute Gasteiger partial charge is 0.178 e.